The van der Waals surface area contributed by atoms with E-state index in [9.17, 15) is 4.79 Å². The van der Waals surface area contributed by atoms with Crippen molar-refractivity contribution in [1.82, 2.24) is 4.98 Å². The number of anilines is 1. The van der Waals surface area contributed by atoms with Gasteiger partial charge in [0, 0.05) is 18.0 Å². The second-order valence-electron chi connectivity index (χ2n) is 3.00. The Morgan fingerprint density at radius 2 is 2.36 bits per heavy atom. The van der Waals surface area contributed by atoms with Gasteiger partial charge in [-0.1, -0.05) is 6.07 Å². The highest BCUT2D eigenvalue weighted by molar-refractivity contribution is 6.18. The summed E-state index contributed by atoms with van der Waals surface area (Å²) in [5.41, 5.74) is 0.889. The number of hydrogen-bond acceptors (Lipinski definition) is 2. The van der Waals surface area contributed by atoms with E-state index in [0.29, 0.717) is 24.5 Å². The van der Waals surface area contributed by atoms with Gasteiger partial charge in [0.15, 0.2) is 0 Å². The fraction of sp³-hybridized carbons (Fsp3) is 0.400. The minimum absolute atomic E-state index is 0.0382. The van der Waals surface area contributed by atoms with Crippen LogP contribution in [0, 0.1) is 6.92 Å². The van der Waals surface area contributed by atoms with E-state index in [4.69, 9.17) is 11.6 Å². The summed E-state index contributed by atoms with van der Waals surface area (Å²) in [5, 5.41) is 2.71. The van der Waals surface area contributed by atoms with E-state index < -0.39 is 0 Å². The standard InChI is InChI=1S/C10H13ClN2O/c1-8-4-2-5-9(12-8)13-10(14)6-3-7-11/h2,4-5H,3,6-7H2,1H3,(H,12,13,14). The number of pyridine rings is 1. The van der Waals surface area contributed by atoms with Gasteiger partial charge in [0.1, 0.15) is 5.82 Å². The van der Waals surface area contributed by atoms with Crippen LogP contribution >= 0.6 is 11.6 Å². The maximum atomic E-state index is 11.3. The lowest BCUT2D eigenvalue weighted by atomic mass is 10.3. The maximum Gasteiger partial charge on any atom is 0.225 e. The Labute approximate surface area is 88.5 Å². The number of alkyl halides is 1. The van der Waals surface area contributed by atoms with Crippen molar-refractivity contribution in [3.8, 4) is 0 Å². The first-order valence-corrected chi connectivity index (χ1v) is 5.05. The van der Waals surface area contributed by atoms with Crippen LogP contribution in [0.15, 0.2) is 18.2 Å². The van der Waals surface area contributed by atoms with E-state index in [0.717, 1.165) is 5.69 Å². The third-order valence-electron chi connectivity index (χ3n) is 1.69. The van der Waals surface area contributed by atoms with Gasteiger partial charge in [-0.15, -0.1) is 11.6 Å². The van der Waals surface area contributed by atoms with Gasteiger partial charge in [0.05, 0.1) is 0 Å². The van der Waals surface area contributed by atoms with E-state index >= 15 is 0 Å². The molecule has 0 aromatic carbocycles. The van der Waals surface area contributed by atoms with Gasteiger partial charge < -0.3 is 5.32 Å². The van der Waals surface area contributed by atoms with E-state index in [1.54, 1.807) is 6.07 Å². The molecule has 0 atom stereocenters. The second kappa shape index (κ2) is 5.60. The quantitative estimate of drug-likeness (QED) is 0.779. The van der Waals surface area contributed by atoms with Crippen molar-refractivity contribution in [2.45, 2.75) is 19.8 Å². The smallest absolute Gasteiger partial charge is 0.225 e. The molecule has 0 aliphatic rings. The highest BCUT2D eigenvalue weighted by atomic mass is 35.5. The number of aryl methyl sites for hydroxylation is 1. The molecular weight excluding hydrogens is 200 g/mol. The van der Waals surface area contributed by atoms with Gasteiger partial charge in [0.2, 0.25) is 5.91 Å². The molecule has 0 fully saturated rings. The molecule has 1 aromatic heterocycles. The Balaban J connectivity index is 2.47. The molecular formula is C10H13ClN2O. The predicted molar refractivity (Wildman–Crippen MR) is 57.6 cm³/mol. The largest absolute Gasteiger partial charge is 0.311 e. The predicted octanol–water partition coefficient (Wildman–Crippen LogP) is 2.35. The summed E-state index contributed by atoms with van der Waals surface area (Å²) in [6.45, 7) is 1.88. The minimum atomic E-state index is -0.0382. The molecule has 0 bridgehead atoms. The summed E-state index contributed by atoms with van der Waals surface area (Å²) in [4.78, 5) is 15.4. The molecule has 1 heterocycles. The van der Waals surface area contributed by atoms with Crippen LogP contribution in [0.5, 0.6) is 0 Å². The van der Waals surface area contributed by atoms with Gasteiger partial charge in [-0.2, -0.15) is 0 Å². The topological polar surface area (TPSA) is 42.0 Å². The van der Waals surface area contributed by atoms with Crippen LogP contribution in [0.3, 0.4) is 0 Å². The minimum Gasteiger partial charge on any atom is -0.311 e. The highest BCUT2D eigenvalue weighted by Crippen LogP contribution is 2.04. The fourth-order valence-electron chi connectivity index (χ4n) is 1.05. The number of amides is 1. The lowest BCUT2D eigenvalue weighted by Crippen LogP contribution is -2.12. The van der Waals surface area contributed by atoms with Crippen LogP contribution in [0.2, 0.25) is 0 Å². The van der Waals surface area contributed by atoms with Crippen molar-refractivity contribution in [2.75, 3.05) is 11.2 Å². The molecule has 4 heteroatoms. The molecule has 0 radical (unpaired) electrons. The zero-order chi connectivity index (χ0) is 10.4. The summed E-state index contributed by atoms with van der Waals surface area (Å²) < 4.78 is 0. The van der Waals surface area contributed by atoms with Crippen LogP contribution in [-0.4, -0.2) is 16.8 Å². The molecule has 0 spiro atoms. The number of aromatic nitrogens is 1. The molecule has 1 aromatic rings. The second-order valence-corrected chi connectivity index (χ2v) is 3.38. The normalized spacial score (nSPS) is 9.86. The van der Waals surface area contributed by atoms with Crippen molar-refractivity contribution in [1.29, 1.82) is 0 Å². The van der Waals surface area contributed by atoms with Gasteiger partial charge >= 0.3 is 0 Å². The third-order valence-corrected chi connectivity index (χ3v) is 1.96. The van der Waals surface area contributed by atoms with Crippen LogP contribution in [-0.2, 0) is 4.79 Å². The monoisotopic (exact) mass is 212 g/mol. The molecule has 1 amide bonds. The van der Waals surface area contributed by atoms with Crippen LogP contribution in [0.1, 0.15) is 18.5 Å². The van der Waals surface area contributed by atoms with E-state index in [1.807, 2.05) is 19.1 Å². The SMILES string of the molecule is Cc1cccc(NC(=O)CCCCl)n1. The number of hydrogen-bond donors (Lipinski definition) is 1. The molecule has 0 saturated heterocycles. The lowest BCUT2D eigenvalue weighted by Gasteiger charge is -2.03. The summed E-state index contributed by atoms with van der Waals surface area (Å²) in [6.07, 6.45) is 1.14. The van der Waals surface area contributed by atoms with Crippen molar-refractivity contribution >= 4 is 23.3 Å². The first-order chi connectivity index (χ1) is 6.72. The van der Waals surface area contributed by atoms with Crippen LogP contribution in [0.25, 0.3) is 0 Å². The Kier molecular flexibility index (Phi) is 4.40. The molecule has 76 valence electrons. The summed E-state index contributed by atoms with van der Waals surface area (Å²) in [7, 11) is 0. The zero-order valence-corrected chi connectivity index (χ0v) is 8.84. The number of nitrogens with zero attached hydrogens (tertiary/aromatic N) is 1. The van der Waals surface area contributed by atoms with Crippen LogP contribution < -0.4 is 5.32 Å². The summed E-state index contributed by atoms with van der Waals surface area (Å²) in [6, 6.07) is 5.51. The first-order valence-electron chi connectivity index (χ1n) is 4.52. The van der Waals surface area contributed by atoms with Gasteiger partial charge in [-0.05, 0) is 25.5 Å². The Hall–Kier alpha value is -1.09. The van der Waals surface area contributed by atoms with E-state index in [2.05, 4.69) is 10.3 Å². The van der Waals surface area contributed by atoms with Gasteiger partial charge in [-0.3, -0.25) is 4.79 Å². The molecule has 0 aliphatic carbocycles. The van der Waals surface area contributed by atoms with E-state index in [1.165, 1.54) is 0 Å². The maximum absolute atomic E-state index is 11.3. The van der Waals surface area contributed by atoms with Crippen molar-refractivity contribution < 1.29 is 4.79 Å². The van der Waals surface area contributed by atoms with Crippen molar-refractivity contribution in [3.63, 3.8) is 0 Å². The molecule has 1 N–H and O–H groups in total. The zero-order valence-electron chi connectivity index (χ0n) is 8.09. The lowest BCUT2D eigenvalue weighted by molar-refractivity contribution is -0.116. The number of nitrogens with one attached hydrogen (secondary N) is 1. The van der Waals surface area contributed by atoms with E-state index in [-0.39, 0.29) is 5.91 Å². The van der Waals surface area contributed by atoms with Gasteiger partial charge in [0.25, 0.3) is 0 Å². The Morgan fingerprint density at radius 1 is 1.57 bits per heavy atom. The number of carbonyl (C=O) groups excluding carboxylic acids is 1. The summed E-state index contributed by atoms with van der Waals surface area (Å²) in [5.74, 6) is 1.07. The van der Waals surface area contributed by atoms with Crippen molar-refractivity contribution in [3.05, 3.63) is 23.9 Å². The van der Waals surface area contributed by atoms with Crippen molar-refractivity contribution in [2.24, 2.45) is 0 Å². The Bertz CT molecular complexity index is 315. The number of carbonyl (C=O) groups is 1. The molecule has 0 saturated carbocycles. The molecule has 14 heavy (non-hydrogen) atoms. The first kappa shape index (κ1) is 11.0. The average Bonchev–Trinajstić information content (AvgIpc) is 2.15. The third kappa shape index (κ3) is 3.75. The average molecular weight is 213 g/mol. The molecule has 0 unspecified atom stereocenters. The highest BCUT2D eigenvalue weighted by Gasteiger charge is 2.01. The Morgan fingerprint density at radius 3 is 3.00 bits per heavy atom. The molecule has 1 rings (SSSR count). The van der Waals surface area contributed by atoms with Gasteiger partial charge in [-0.25, -0.2) is 4.98 Å². The van der Waals surface area contributed by atoms with Crippen LogP contribution in [0.4, 0.5) is 5.82 Å². The number of halogens is 1. The number of rotatable bonds is 4. The summed E-state index contributed by atoms with van der Waals surface area (Å²) >= 11 is 5.48. The molecule has 0 aliphatic heterocycles. The molecule has 3 nitrogen and oxygen atoms in total. The fourth-order valence-corrected chi connectivity index (χ4v) is 1.18.